The van der Waals surface area contributed by atoms with Gasteiger partial charge in [-0.2, -0.15) is 0 Å². The highest BCUT2D eigenvalue weighted by Crippen LogP contribution is 2.47. The fourth-order valence-electron chi connectivity index (χ4n) is 2.45. The Morgan fingerprint density at radius 1 is 1.14 bits per heavy atom. The fraction of sp³-hybridized carbons (Fsp3) is 0.312. The first-order chi connectivity index (χ1) is 10.3. The number of aromatic nitrogens is 1. The Kier molecular flexibility index (Phi) is 5.09. The minimum atomic E-state index is 0.777. The maximum absolute atomic E-state index is 6.19. The standard InChI is InChI=1S/C16H16BrClN2S/c17-8-2-1-3-10-20-13-11-12(18)6-7-14(13)21-15-5-4-9-19-16(15)20/h4-7,9,11H,1-3,8,10H2. The molecule has 1 aromatic heterocycles. The number of alkyl halides is 1. The number of anilines is 2. The lowest BCUT2D eigenvalue weighted by Crippen LogP contribution is -2.23. The van der Waals surface area contributed by atoms with Crippen molar-refractivity contribution in [2.24, 2.45) is 0 Å². The van der Waals surface area contributed by atoms with Crippen molar-refractivity contribution >= 4 is 50.8 Å². The Balaban J connectivity index is 1.91. The largest absolute Gasteiger partial charge is 0.324 e. The second-order valence-electron chi connectivity index (χ2n) is 4.94. The van der Waals surface area contributed by atoms with Gasteiger partial charge in [0.15, 0.2) is 0 Å². The van der Waals surface area contributed by atoms with Crippen LogP contribution in [0.2, 0.25) is 5.02 Å². The summed E-state index contributed by atoms with van der Waals surface area (Å²) in [6.07, 6.45) is 5.44. The van der Waals surface area contributed by atoms with Crippen LogP contribution in [0.1, 0.15) is 19.3 Å². The summed E-state index contributed by atoms with van der Waals surface area (Å²) in [7, 11) is 0. The van der Waals surface area contributed by atoms with E-state index in [4.69, 9.17) is 11.6 Å². The van der Waals surface area contributed by atoms with Crippen LogP contribution in [0.4, 0.5) is 11.5 Å². The van der Waals surface area contributed by atoms with E-state index < -0.39 is 0 Å². The molecule has 0 fully saturated rings. The van der Waals surface area contributed by atoms with Crippen molar-refractivity contribution in [2.75, 3.05) is 16.8 Å². The number of hydrogen-bond acceptors (Lipinski definition) is 3. The van der Waals surface area contributed by atoms with Crippen LogP contribution < -0.4 is 4.90 Å². The molecule has 0 bridgehead atoms. The monoisotopic (exact) mass is 382 g/mol. The molecule has 0 aliphatic carbocycles. The van der Waals surface area contributed by atoms with Crippen molar-refractivity contribution in [2.45, 2.75) is 29.1 Å². The SMILES string of the molecule is Clc1ccc2c(c1)N(CCCCCBr)c1ncccc1S2. The summed E-state index contributed by atoms with van der Waals surface area (Å²) >= 11 is 11.4. The molecule has 0 N–H and O–H groups in total. The quantitative estimate of drug-likeness (QED) is 0.472. The maximum atomic E-state index is 6.19. The average molecular weight is 384 g/mol. The van der Waals surface area contributed by atoms with E-state index in [-0.39, 0.29) is 0 Å². The molecule has 0 radical (unpaired) electrons. The van der Waals surface area contributed by atoms with E-state index in [0.717, 1.165) is 29.1 Å². The summed E-state index contributed by atoms with van der Waals surface area (Å²) in [5.41, 5.74) is 1.18. The third-order valence-electron chi connectivity index (χ3n) is 3.45. The second kappa shape index (κ2) is 7.03. The van der Waals surface area contributed by atoms with Crippen molar-refractivity contribution in [3.8, 4) is 0 Å². The predicted molar refractivity (Wildman–Crippen MR) is 94.5 cm³/mol. The van der Waals surface area contributed by atoms with Gasteiger partial charge in [0.25, 0.3) is 0 Å². The number of hydrogen-bond donors (Lipinski definition) is 0. The van der Waals surface area contributed by atoms with Gasteiger partial charge in [0.05, 0.1) is 10.6 Å². The fourth-order valence-corrected chi connectivity index (χ4v) is 4.06. The van der Waals surface area contributed by atoms with Gasteiger partial charge in [0.1, 0.15) is 5.82 Å². The zero-order valence-electron chi connectivity index (χ0n) is 11.6. The maximum Gasteiger partial charge on any atom is 0.147 e. The van der Waals surface area contributed by atoms with Gasteiger partial charge in [-0.3, -0.25) is 0 Å². The molecule has 2 heterocycles. The Bertz CT molecular complexity index is 635. The number of unbranched alkanes of at least 4 members (excludes halogenated alkanes) is 2. The number of halogens is 2. The zero-order valence-corrected chi connectivity index (χ0v) is 14.7. The lowest BCUT2D eigenvalue weighted by molar-refractivity contribution is 0.714. The van der Waals surface area contributed by atoms with Gasteiger partial charge >= 0.3 is 0 Å². The van der Waals surface area contributed by atoms with Crippen LogP contribution in [0.15, 0.2) is 46.3 Å². The van der Waals surface area contributed by atoms with Crippen LogP contribution in [-0.2, 0) is 0 Å². The van der Waals surface area contributed by atoms with Crippen LogP contribution in [0.3, 0.4) is 0 Å². The van der Waals surface area contributed by atoms with Gasteiger partial charge in [0, 0.05) is 28.0 Å². The van der Waals surface area contributed by atoms with Crippen LogP contribution in [0, 0.1) is 0 Å². The minimum Gasteiger partial charge on any atom is -0.324 e. The Labute approximate surface area is 143 Å². The summed E-state index contributed by atoms with van der Waals surface area (Å²) in [5, 5.41) is 1.85. The van der Waals surface area contributed by atoms with E-state index >= 15 is 0 Å². The van der Waals surface area contributed by atoms with Crippen molar-refractivity contribution < 1.29 is 0 Å². The summed E-state index contributed by atoms with van der Waals surface area (Å²) in [6.45, 7) is 0.977. The molecule has 21 heavy (non-hydrogen) atoms. The highest BCUT2D eigenvalue weighted by Gasteiger charge is 2.24. The third kappa shape index (κ3) is 3.38. The number of fused-ring (bicyclic) bond motifs is 2. The zero-order chi connectivity index (χ0) is 14.7. The topological polar surface area (TPSA) is 16.1 Å². The van der Waals surface area contributed by atoms with E-state index in [1.165, 1.54) is 28.3 Å². The van der Waals surface area contributed by atoms with Crippen LogP contribution in [-0.4, -0.2) is 16.9 Å². The molecule has 3 rings (SSSR count). The highest BCUT2D eigenvalue weighted by atomic mass is 79.9. The van der Waals surface area contributed by atoms with Gasteiger partial charge in [-0.1, -0.05) is 45.7 Å². The summed E-state index contributed by atoms with van der Waals surface area (Å²) in [4.78, 5) is 9.35. The molecule has 1 aliphatic rings. The summed E-state index contributed by atoms with van der Waals surface area (Å²) in [6, 6.07) is 10.2. The molecule has 0 spiro atoms. The van der Waals surface area contributed by atoms with E-state index in [1.54, 1.807) is 11.8 Å². The summed E-state index contributed by atoms with van der Waals surface area (Å²) in [5.74, 6) is 1.05. The molecule has 0 saturated carbocycles. The third-order valence-corrected chi connectivity index (χ3v) is 5.35. The molecule has 2 nitrogen and oxygen atoms in total. The van der Waals surface area contributed by atoms with Crippen LogP contribution >= 0.6 is 39.3 Å². The molecule has 1 aliphatic heterocycles. The molecule has 0 atom stereocenters. The minimum absolute atomic E-state index is 0.777. The molecule has 0 amide bonds. The number of benzene rings is 1. The van der Waals surface area contributed by atoms with Crippen molar-refractivity contribution in [3.63, 3.8) is 0 Å². The van der Waals surface area contributed by atoms with Gasteiger partial charge in [-0.05, 0) is 43.2 Å². The highest BCUT2D eigenvalue weighted by molar-refractivity contribution is 9.09. The number of nitrogens with zero attached hydrogens (tertiary/aromatic N) is 2. The Hall–Kier alpha value is -0.710. The van der Waals surface area contributed by atoms with Gasteiger partial charge in [-0.25, -0.2) is 4.98 Å². The van der Waals surface area contributed by atoms with Crippen molar-refractivity contribution in [1.82, 2.24) is 4.98 Å². The molecule has 2 aromatic rings. The van der Waals surface area contributed by atoms with Crippen molar-refractivity contribution in [1.29, 1.82) is 0 Å². The molecule has 5 heteroatoms. The lowest BCUT2D eigenvalue weighted by atomic mass is 10.2. The number of pyridine rings is 1. The smallest absolute Gasteiger partial charge is 0.147 e. The van der Waals surface area contributed by atoms with Gasteiger partial charge in [-0.15, -0.1) is 0 Å². The van der Waals surface area contributed by atoms with Crippen molar-refractivity contribution in [3.05, 3.63) is 41.6 Å². The molecule has 0 unspecified atom stereocenters. The first-order valence-corrected chi connectivity index (χ1v) is 9.37. The van der Waals surface area contributed by atoms with E-state index in [0.29, 0.717) is 0 Å². The molecule has 110 valence electrons. The van der Waals surface area contributed by atoms with Crippen LogP contribution in [0.25, 0.3) is 0 Å². The second-order valence-corrected chi connectivity index (χ2v) is 7.25. The Morgan fingerprint density at radius 3 is 2.90 bits per heavy atom. The summed E-state index contributed by atoms with van der Waals surface area (Å²) < 4.78 is 0. The molecular weight excluding hydrogens is 368 g/mol. The first kappa shape index (κ1) is 15.2. The van der Waals surface area contributed by atoms with E-state index in [2.05, 4.69) is 37.9 Å². The van der Waals surface area contributed by atoms with Crippen LogP contribution in [0.5, 0.6) is 0 Å². The molecular formula is C16H16BrClN2S. The molecule has 0 saturated heterocycles. The first-order valence-electron chi connectivity index (χ1n) is 7.05. The van der Waals surface area contributed by atoms with E-state index in [9.17, 15) is 0 Å². The predicted octanol–water partition coefficient (Wildman–Crippen LogP) is 5.90. The normalized spacial score (nSPS) is 13.0. The Morgan fingerprint density at radius 2 is 2.05 bits per heavy atom. The number of rotatable bonds is 5. The van der Waals surface area contributed by atoms with E-state index in [1.807, 2.05) is 24.4 Å². The van der Waals surface area contributed by atoms with Gasteiger partial charge < -0.3 is 4.90 Å². The lowest BCUT2D eigenvalue weighted by Gasteiger charge is -2.31. The average Bonchev–Trinajstić information content (AvgIpc) is 2.51. The van der Waals surface area contributed by atoms with Gasteiger partial charge in [0.2, 0.25) is 0 Å². The molecule has 1 aromatic carbocycles.